The van der Waals surface area contributed by atoms with Crippen LogP contribution in [-0.4, -0.2) is 69.4 Å². The number of unbranched alkanes of at least 4 members (excludes halogenated alkanes) is 39. The minimum atomic E-state index is -4.70. The lowest BCUT2D eigenvalue weighted by atomic mass is 10.0. The van der Waals surface area contributed by atoms with Gasteiger partial charge in [0.15, 0.2) is 0 Å². The number of amides is 1. The van der Waals surface area contributed by atoms with E-state index >= 15 is 0 Å². The van der Waals surface area contributed by atoms with Crippen molar-refractivity contribution in [3.8, 4) is 0 Å². The summed E-state index contributed by atoms with van der Waals surface area (Å²) in [7, 11) is 1.19. The van der Waals surface area contributed by atoms with Gasteiger partial charge in [0, 0.05) is 12.8 Å². The first-order chi connectivity index (χ1) is 37.9. The van der Waals surface area contributed by atoms with Crippen molar-refractivity contribution in [2.45, 2.75) is 335 Å². The number of ether oxygens (including phenoxy) is 1. The molecule has 0 heterocycles. The standard InChI is InChI=1S/C68H129N2O7P/c1-7-10-13-16-19-22-25-28-30-32-34-35-37-39-41-43-46-49-52-55-58-61-68(72)77-66(59-56-53-50-47-44-27-24-21-18-15-12-9-3)65(64-76-78(73,74)75-63-62-70(4,5)6)69-67(71)60-57-54-51-48-45-42-40-38-36-33-31-29-26-23-20-17-14-11-8-2/h19,22,28,30,34-35,56,59,65-66H,7-18,20-21,23-27,29,31-33,36-55,57-58,60-64H2,1-6H3,(H-,69,71,73,74)/b22-19-,30-28-,35-34-,59-56+. The fraction of sp³-hybridized carbons (Fsp3) is 0.853. The number of likely N-dealkylation sites (N-methyl/N-ethyl adjacent to an activating group) is 1. The van der Waals surface area contributed by atoms with Crippen LogP contribution >= 0.6 is 7.82 Å². The van der Waals surface area contributed by atoms with E-state index in [1.54, 1.807) is 0 Å². The Kier molecular flexibility index (Phi) is 56.7. The number of nitrogens with one attached hydrogen (secondary N) is 1. The fourth-order valence-corrected chi connectivity index (χ4v) is 10.5. The van der Waals surface area contributed by atoms with Crippen molar-refractivity contribution in [3.63, 3.8) is 0 Å². The van der Waals surface area contributed by atoms with Gasteiger partial charge in [0.25, 0.3) is 7.82 Å². The summed E-state index contributed by atoms with van der Waals surface area (Å²) < 4.78 is 30.4. The smallest absolute Gasteiger partial charge is 0.306 e. The molecule has 1 amide bonds. The molecule has 9 nitrogen and oxygen atoms in total. The second-order valence-electron chi connectivity index (χ2n) is 24.0. The highest BCUT2D eigenvalue weighted by atomic mass is 31.2. The van der Waals surface area contributed by atoms with Crippen molar-refractivity contribution < 1.29 is 37.3 Å². The molecule has 0 aromatic rings. The topological polar surface area (TPSA) is 114 Å². The second-order valence-corrected chi connectivity index (χ2v) is 25.4. The Morgan fingerprint density at radius 1 is 0.449 bits per heavy atom. The third kappa shape index (κ3) is 58.6. The van der Waals surface area contributed by atoms with Crippen LogP contribution in [0.5, 0.6) is 0 Å². The second kappa shape index (κ2) is 58.2. The van der Waals surface area contributed by atoms with Gasteiger partial charge in [-0.3, -0.25) is 14.2 Å². The van der Waals surface area contributed by atoms with Crippen LogP contribution in [-0.2, 0) is 27.9 Å². The van der Waals surface area contributed by atoms with E-state index in [-0.39, 0.29) is 31.5 Å². The van der Waals surface area contributed by atoms with Gasteiger partial charge in [-0.25, -0.2) is 0 Å². The average Bonchev–Trinajstić information content (AvgIpc) is 3.40. The van der Waals surface area contributed by atoms with Gasteiger partial charge in [0.05, 0.1) is 33.8 Å². The van der Waals surface area contributed by atoms with Gasteiger partial charge < -0.3 is 28.5 Å². The minimum Gasteiger partial charge on any atom is -0.756 e. The number of esters is 1. The van der Waals surface area contributed by atoms with Gasteiger partial charge in [-0.05, 0) is 70.3 Å². The number of rotatable bonds is 61. The monoisotopic (exact) mass is 1120 g/mol. The lowest BCUT2D eigenvalue weighted by Crippen LogP contribution is -2.47. The number of carbonyl (C=O) groups excluding carboxylic acids is 2. The van der Waals surface area contributed by atoms with Crippen LogP contribution in [0.25, 0.3) is 0 Å². The SMILES string of the molecule is CCCCC/C=C\C/C=C\C/C=C\CCCCCCCCCCC(=O)OC(/C=C/CCCCCCCCCCCC)C(COP(=O)([O-])OCC[N+](C)(C)C)NC(=O)CCCCCCCCCCCCCCCCCCCCC. The Bertz CT molecular complexity index is 1470. The number of phosphoric acid groups is 1. The minimum absolute atomic E-state index is 0.0221. The van der Waals surface area contributed by atoms with E-state index in [1.165, 1.54) is 205 Å². The average molecular weight is 1120 g/mol. The summed E-state index contributed by atoms with van der Waals surface area (Å²) in [6.45, 7) is 6.85. The number of allylic oxidation sites excluding steroid dienone is 7. The highest BCUT2D eigenvalue weighted by Gasteiger charge is 2.27. The first-order valence-corrected chi connectivity index (χ1v) is 34.9. The van der Waals surface area contributed by atoms with Crippen molar-refractivity contribution in [1.29, 1.82) is 0 Å². The number of quaternary nitrogens is 1. The molecule has 0 aliphatic rings. The van der Waals surface area contributed by atoms with Gasteiger partial charge in [-0.2, -0.15) is 0 Å². The molecule has 0 aromatic heterocycles. The summed E-state index contributed by atoms with van der Waals surface area (Å²) in [5.41, 5.74) is 0. The maximum Gasteiger partial charge on any atom is 0.306 e. The molecule has 78 heavy (non-hydrogen) atoms. The van der Waals surface area contributed by atoms with Gasteiger partial charge in [0.2, 0.25) is 5.91 Å². The fourth-order valence-electron chi connectivity index (χ4n) is 9.83. The maximum atomic E-state index is 13.6. The molecule has 458 valence electrons. The number of nitrogens with zero attached hydrogens (tertiary/aromatic N) is 1. The molecule has 3 atom stereocenters. The Balaban J connectivity index is 5.16. The van der Waals surface area contributed by atoms with E-state index in [0.29, 0.717) is 17.4 Å². The van der Waals surface area contributed by atoms with Gasteiger partial charge in [0.1, 0.15) is 19.3 Å². The molecule has 0 spiro atoms. The lowest BCUT2D eigenvalue weighted by molar-refractivity contribution is -0.870. The van der Waals surface area contributed by atoms with Gasteiger partial charge in [-0.15, -0.1) is 0 Å². The van der Waals surface area contributed by atoms with E-state index in [4.69, 9.17) is 13.8 Å². The Labute approximate surface area is 484 Å². The van der Waals surface area contributed by atoms with Gasteiger partial charge >= 0.3 is 5.97 Å². The summed E-state index contributed by atoms with van der Waals surface area (Å²) in [5, 5.41) is 3.04. The number of hydrogen-bond donors (Lipinski definition) is 1. The van der Waals surface area contributed by atoms with Crippen LogP contribution in [0.4, 0.5) is 0 Å². The molecule has 0 aliphatic heterocycles. The molecular formula is C68H129N2O7P. The molecule has 0 radical (unpaired) electrons. The predicted octanol–water partition coefficient (Wildman–Crippen LogP) is 20.2. The molecule has 0 aromatic carbocycles. The summed E-state index contributed by atoms with van der Waals surface area (Å²) in [6, 6.07) is -0.889. The normalized spacial score (nSPS) is 13.9. The molecule has 0 aliphatic carbocycles. The maximum absolute atomic E-state index is 13.6. The number of carbonyl (C=O) groups is 2. The molecule has 0 rings (SSSR count). The number of hydrogen-bond acceptors (Lipinski definition) is 7. The molecule has 0 saturated carbocycles. The summed E-state index contributed by atoms with van der Waals surface area (Å²) in [6.07, 6.45) is 72.2. The van der Waals surface area contributed by atoms with Crippen molar-refractivity contribution in [3.05, 3.63) is 48.6 Å². The van der Waals surface area contributed by atoms with Crippen molar-refractivity contribution in [2.75, 3.05) is 40.9 Å². The molecule has 0 bridgehead atoms. The van der Waals surface area contributed by atoms with Crippen LogP contribution in [0.1, 0.15) is 323 Å². The van der Waals surface area contributed by atoms with E-state index < -0.39 is 20.0 Å². The zero-order valence-corrected chi connectivity index (χ0v) is 53.3. The zero-order chi connectivity index (χ0) is 57.2. The highest BCUT2D eigenvalue weighted by Crippen LogP contribution is 2.38. The first kappa shape index (κ1) is 76.0. The number of phosphoric ester groups is 1. The van der Waals surface area contributed by atoms with Crippen LogP contribution in [0.15, 0.2) is 48.6 Å². The van der Waals surface area contributed by atoms with E-state index in [2.05, 4.69) is 62.5 Å². The summed E-state index contributed by atoms with van der Waals surface area (Å²) >= 11 is 0. The van der Waals surface area contributed by atoms with Crippen molar-refractivity contribution in [2.24, 2.45) is 0 Å². The Hall–Kier alpha value is -2.03. The molecule has 1 N–H and O–H groups in total. The van der Waals surface area contributed by atoms with Crippen molar-refractivity contribution >= 4 is 19.7 Å². The summed E-state index contributed by atoms with van der Waals surface area (Å²) in [4.78, 5) is 40.1. The summed E-state index contributed by atoms with van der Waals surface area (Å²) in [5.74, 6) is -0.535. The van der Waals surface area contributed by atoms with Crippen LogP contribution in [0.2, 0.25) is 0 Å². The first-order valence-electron chi connectivity index (χ1n) is 33.4. The van der Waals surface area contributed by atoms with Crippen LogP contribution < -0.4 is 10.2 Å². The van der Waals surface area contributed by atoms with Gasteiger partial charge in [-0.1, -0.05) is 288 Å². The quantitative estimate of drug-likeness (QED) is 0.0212. The van der Waals surface area contributed by atoms with Crippen LogP contribution in [0, 0.1) is 0 Å². The lowest BCUT2D eigenvalue weighted by Gasteiger charge is -2.30. The predicted molar refractivity (Wildman–Crippen MR) is 335 cm³/mol. The van der Waals surface area contributed by atoms with E-state index in [0.717, 1.165) is 83.5 Å². The van der Waals surface area contributed by atoms with Crippen molar-refractivity contribution in [1.82, 2.24) is 5.32 Å². The Morgan fingerprint density at radius 3 is 1.19 bits per heavy atom. The largest absolute Gasteiger partial charge is 0.756 e. The van der Waals surface area contributed by atoms with Crippen LogP contribution in [0.3, 0.4) is 0 Å². The molecular weight excluding hydrogens is 988 g/mol. The molecule has 0 fully saturated rings. The Morgan fingerprint density at radius 2 is 0.782 bits per heavy atom. The highest BCUT2D eigenvalue weighted by molar-refractivity contribution is 7.45. The third-order valence-corrected chi connectivity index (χ3v) is 16.0. The van der Waals surface area contributed by atoms with E-state index in [9.17, 15) is 19.0 Å². The van der Waals surface area contributed by atoms with E-state index in [1.807, 2.05) is 33.3 Å². The zero-order valence-electron chi connectivity index (χ0n) is 52.4. The molecule has 0 saturated heterocycles. The molecule has 10 heteroatoms. The molecule has 3 unspecified atom stereocenters. The third-order valence-electron chi connectivity index (χ3n) is 15.0.